The van der Waals surface area contributed by atoms with Gasteiger partial charge in [-0.05, 0) is 18.6 Å². The van der Waals surface area contributed by atoms with Crippen LogP contribution in [0.4, 0.5) is 5.69 Å². The van der Waals surface area contributed by atoms with Gasteiger partial charge in [0.1, 0.15) is 5.75 Å². The molecule has 2 rings (SSSR count). The van der Waals surface area contributed by atoms with Crippen LogP contribution in [0.2, 0.25) is 0 Å². The third-order valence-corrected chi connectivity index (χ3v) is 2.69. The maximum absolute atomic E-state index is 5.92. The summed E-state index contributed by atoms with van der Waals surface area (Å²) in [6.07, 6.45) is 3.66. The van der Waals surface area contributed by atoms with Crippen LogP contribution in [0.5, 0.6) is 5.75 Å². The quantitative estimate of drug-likeness (QED) is 0.879. The van der Waals surface area contributed by atoms with Gasteiger partial charge in [0.2, 0.25) is 0 Å². The first-order chi connectivity index (χ1) is 8.26. The Morgan fingerprint density at radius 3 is 2.94 bits per heavy atom. The molecule has 4 nitrogen and oxygen atoms in total. The minimum Gasteiger partial charge on any atom is -0.497 e. The highest BCUT2D eigenvalue weighted by Gasteiger charge is 2.09. The van der Waals surface area contributed by atoms with Gasteiger partial charge in [0.15, 0.2) is 0 Å². The highest BCUT2D eigenvalue weighted by Crippen LogP contribution is 2.21. The Morgan fingerprint density at radius 1 is 1.41 bits per heavy atom. The Balaban J connectivity index is 2.44. The van der Waals surface area contributed by atoms with Gasteiger partial charge < -0.3 is 10.5 Å². The molecule has 0 bridgehead atoms. The van der Waals surface area contributed by atoms with Crippen LogP contribution in [-0.2, 0) is 6.42 Å². The predicted octanol–water partition coefficient (Wildman–Crippen LogP) is 2.42. The molecule has 0 fully saturated rings. The van der Waals surface area contributed by atoms with Crippen LogP contribution in [-0.4, -0.2) is 16.9 Å². The molecule has 0 aliphatic heterocycles. The zero-order valence-electron chi connectivity index (χ0n) is 10.2. The third-order valence-electron chi connectivity index (χ3n) is 2.69. The van der Waals surface area contributed by atoms with Gasteiger partial charge in [0, 0.05) is 6.07 Å². The average Bonchev–Trinajstić information content (AvgIpc) is 2.72. The van der Waals surface area contributed by atoms with Gasteiger partial charge in [-0.3, -0.25) is 0 Å². The number of methoxy groups -OCH3 is 1. The molecule has 0 unspecified atom stereocenters. The summed E-state index contributed by atoms with van der Waals surface area (Å²) >= 11 is 0. The minimum atomic E-state index is 0.745. The molecule has 2 N–H and O–H groups in total. The van der Waals surface area contributed by atoms with Gasteiger partial charge in [-0.25, -0.2) is 4.68 Å². The van der Waals surface area contributed by atoms with Gasteiger partial charge >= 0.3 is 0 Å². The van der Waals surface area contributed by atoms with E-state index >= 15 is 0 Å². The molecule has 0 saturated carbocycles. The molecular weight excluding hydrogens is 214 g/mol. The van der Waals surface area contributed by atoms with Crippen molar-refractivity contribution in [3.05, 3.63) is 36.2 Å². The van der Waals surface area contributed by atoms with Crippen LogP contribution in [0, 0.1) is 0 Å². The van der Waals surface area contributed by atoms with Crippen LogP contribution < -0.4 is 10.5 Å². The fourth-order valence-electron chi connectivity index (χ4n) is 1.84. The van der Waals surface area contributed by atoms with Crippen LogP contribution in [0.25, 0.3) is 5.69 Å². The maximum atomic E-state index is 5.92. The molecular formula is C13H17N3O. The average molecular weight is 231 g/mol. The first-order valence-corrected chi connectivity index (χ1v) is 5.73. The number of nitrogen functional groups attached to an aromatic ring is 1. The number of anilines is 1. The molecule has 0 aliphatic carbocycles. The highest BCUT2D eigenvalue weighted by atomic mass is 16.5. The van der Waals surface area contributed by atoms with E-state index in [2.05, 4.69) is 12.0 Å². The van der Waals surface area contributed by atoms with Crippen molar-refractivity contribution in [3.8, 4) is 11.4 Å². The van der Waals surface area contributed by atoms with Gasteiger partial charge in [-0.15, -0.1) is 0 Å². The van der Waals surface area contributed by atoms with E-state index in [4.69, 9.17) is 10.5 Å². The van der Waals surface area contributed by atoms with Gasteiger partial charge in [0.05, 0.1) is 30.4 Å². The molecule has 0 saturated heterocycles. The Kier molecular flexibility index (Phi) is 3.32. The number of aromatic nitrogens is 2. The van der Waals surface area contributed by atoms with E-state index in [1.54, 1.807) is 13.3 Å². The summed E-state index contributed by atoms with van der Waals surface area (Å²) in [5, 5.41) is 4.32. The molecule has 0 amide bonds. The van der Waals surface area contributed by atoms with Crippen LogP contribution in [0.15, 0.2) is 30.5 Å². The standard InChI is InChI=1S/C13H17N3O/c1-3-5-13-12(14)9-15-16(13)10-6-4-7-11(8-10)17-2/h4,6-9H,3,5,14H2,1-2H3. The predicted molar refractivity (Wildman–Crippen MR) is 68.5 cm³/mol. The van der Waals surface area contributed by atoms with E-state index in [0.717, 1.165) is 35.7 Å². The molecule has 90 valence electrons. The SMILES string of the molecule is CCCc1c(N)cnn1-c1cccc(OC)c1. The molecule has 2 aromatic rings. The topological polar surface area (TPSA) is 53.1 Å². The van der Waals surface area contributed by atoms with Crippen molar-refractivity contribution in [3.63, 3.8) is 0 Å². The van der Waals surface area contributed by atoms with Gasteiger partial charge in [-0.2, -0.15) is 5.10 Å². The number of nitrogens with zero attached hydrogens (tertiary/aromatic N) is 2. The summed E-state index contributed by atoms with van der Waals surface area (Å²) in [6, 6.07) is 7.80. The molecule has 0 atom stereocenters. The van der Waals surface area contributed by atoms with Crippen molar-refractivity contribution in [2.24, 2.45) is 0 Å². The minimum absolute atomic E-state index is 0.745. The summed E-state index contributed by atoms with van der Waals surface area (Å²) in [4.78, 5) is 0. The highest BCUT2D eigenvalue weighted by molar-refractivity contribution is 5.47. The second-order valence-electron chi connectivity index (χ2n) is 3.91. The monoisotopic (exact) mass is 231 g/mol. The van der Waals surface area contributed by atoms with Crippen molar-refractivity contribution >= 4 is 5.69 Å². The summed E-state index contributed by atoms with van der Waals surface area (Å²) in [6.45, 7) is 2.13. The van der Waals surface area contributed by atoms with Crippen molar-refractivity contribution in [1.82, 2.24) is 9.78 Å². The van der Waals surface area contributed by atoms with Gasteiger partial charge in [-0.1, -0.05) is 19.4 Å². The lowest BCUT2D eigenvalue weighted by atomic mass is 10.2. The van der Waals surface area contributed by atoms with Crippen molar-refractivity contribution in [2.75, 3.05) is 12.8 Å². The molecule has 4 heteroatoms. The first-order valence-electron chi connectivity index (χ1n) is 5.73. The summed E-state index contributed by atoms with van der Waals surface area (Å²) in [5.41, 5.74) is 8.70. The van der Waals surface area contributed by atoms with E-state index in [0.29, 0.717) is 0 Å². The number of hydrogen-bond donors (Lipinski definition) is 1. The molecule has 17 heavy (non-hydrogen) atoms. The fraction of sp³-hybridized carbons (Fsp3) is 0.308. The van der Waals surface area contributed by atoms with Crippen LogP contribution in [0.3, 0.4) is 0 Å². The van der Waals surface area contributed by atoms with Crippen molar-refractivity contribution in [1.29, 1.82) is 0 Å². The Morgan fingerprint density at radius 2 is 2.24 bits per heavy atom. The lowest BCUT2D eigenvalue weighted by Gasteiger charge is -2.08. The molecule has 1 heterocycles. The lowest BCUT2D eigenvalue weighted by Crippen LogP contribution is -2.03. The van der Waals surface area contributed by atoms with Gasteiger partial charge in [0.25, 0.3) is 0 Å². The lowest BCUT2D eigenvalue weighted by molar-refractivity contribution is 0.414. The largest absolute Gasteiger partial charge is 0.497 e. The first kappa shape index (κ1) is 11.5. The zero-order chi connectivity index (χ0) is 12.3. The number of rotatable bonds is 4. The zero-order valence-corrected chi connectivity index (χ0v) is 10.2. The number of hydrogen-bond acceptors (Lipinski definition) is 3. The Hall–Kier alpha value is -1.97. The second-order valence-corrected chi connectivity index (χ2v) is 3.91. The second kappa shape index (κ2) is 4.91. The molecule has 0 aliphatic rings. The van der Waals surface area contributed by atoms with Crippen LogP contribution >= 0.6 is 0 Å². The molecule has 0 radical (unpaired) electrons. The summed E-state index contributed by atoms with van der Waals surface area (Å²) in [7, 11) is 1.66. The molecule has 1 aromatic carbocycles. The van der Waals surface area contributed by atoms with Crippen LogP contribution in [0.1, 0.15) is 19.0 Å². The number of benzene rings is 1. The fourth-order valence-corrected chi connectivity index (χ4v) is 1.84. The van der Waals surface area contributed by atoms with E-state index < -0.39 is 0 Å². The molecule has 1 aromatic heterocycles. The van der Waals surface area contributed by atoms with E-state index in [-0.39, 0.29) is 0 Å². The van der Waals surface area contributed by atoms with E-state index in [9.17, 15) is 0 Å². The van der Waals surface area contributed by atoms with Crippen molar-refractivity contribution in [2.45, 2.75) is 19.8 Å². The normalized spacial score (nSPS) is 10.5. The summed E-state index contributed by atoms with van der Waals surface area (Å²) < 4.78 is 7.09. The Labute approximate surface area is 101 Å². The number of ether oxygens (including phenoxy) is 1. The third kappa shape index (κ3) is 2.25. The molecule has 0 spiro atoms. The maximum Gasteiger partial charge on any atom is 0.121 e. The van der Waals surface area contributed by atoms with Crippen molar-refractivity contribution < 1.29 is 4.74 Å². The van der Waals surface area contributed by atoms with E-state index in [1.807, 2.05) is 28.9 Å². The summed E-state index contributed by atoms with van der Waals surface area (Å²) in [5.74, 6) is 0.819. The van der Waals surface area contributed by atoms with E-state index in [1.165, 1.54) is 0 Å². The smallest absolute Gasteiger partial charge is 0.121 e. The number of nitrogens with two attached hydrogens (primary N) is 1. The Bertz CT molecular complexity index is 505.